The summed E-state index contributed by atoms with van der Waals surface area (Å²) < 4.78 is 2.16. The monoisotopic (exact) mass is 482 g/mol. The zero-order valence-corrected chi connectivity index (χ0v) is 21.1. The second-order valence-electron chi connectivity index (χ2n) is 11.5. The predicted molar refractivity (Wildman–Crippen MR) is 139 cm³/mol. The summed E-state index contributed by atoms with van der Waals surface area (Å²) in [5, 5.41) is 6.49. The van der Waals surface area contributed by atoms with Crippen LogP contribution in [0.25, 0.3) is 11.3 Å². The third kappa shape index (κ3) is 3.74. The summed E-state index contributed by atoms with van der Waals surface area (Å²) in [6.45, 7) is 4.05. The molecule has 1 aliphatic heterocycles. The lowest BCUT2D eigenvalue weighted by molar-refractivity contribution is -0.136. The Bertz CT molecular complexity index is 1280. The Morgan fingerprint density at radius 1 is 0.972 bits per heavy atom. The molecule has 2 amide bonds. The van der Waals surface area contributed by atoms with Crippen LogP contribution in [-0.4, -0.2) is 26.9 Å². The van der Waals surface area contributed by atoms with E-state index in [0.29, 0.717) is 12.2 Å². The molecule has 6 nitrogen and oxygen atoms in total. The number of nitrogens with one attached hydrogen (secondary N) is 2. The molecule has 3 saturated carbocycles. The number of fused-ring (bicyclic) bond motifs is 6. The van der Waals surface area contributed by atoms with E-state index in [1.165, 1.54) is 11.1 Å². The van der Waals surface area contributed by atoms with Crippen LogP contribution >= 0.6 is 0 Å². The summed E-state index contributed by atoms with van der Waals surface area (Å²) in [6.07, 6.45) is 9.37. The second kappa shape index (κ2) is 8.32. The van der Waals surface area contributed by atoms with Crippen molar-refractivity contribution < 1.29 is 9.59 Å². The number of nitrogens with zero attached hydrogens (tertiary/aromatic N) is 2. The molecule has 4 aliphatic rings. The summed E-state index contributed by atoms with van der Waals surface area (Å²) in [7, 11) is 0. The fourth-order valence-electron chi connectivity index (χ4n) is 6.81. The van der Waals surface area contributed by atoms with Gasteiger partial charge < -0.3 is 15.2 Å². The number of benzene rings is 2. The van der Waals surface area contributed by atoms with Gasteiger partial charge in [-0.3, -0.25) is 4.79 Å². The van der Waals surface area contributed by atoms with Crippen LogP contribution in [0.2, 0.25) is 0 Å². The Balaban J connectivity index is 1.11. The van der Waals surface area contributed by atoms with Crippen molar-refractivity contribution in [1.82, 2.24) is 20.2 Å². The molecule has 186 valence electrons. The Hall–Kier alpha value is -3.41. The van der Waals surface area contributed by atoms with E-state index in [-0.39, 0.29) is 23.0 Å². The molecule has 1 unspecified atom stereocenters. The van der Waals surface area contributed by atoms with E-state index in [1.807, 2.05) is 62.8 Å². The lowest BCUT2D eigenvalue weighted by Crippen LogP contribution is -2.61. The number of Topliss-reactive ketones (excluding diaryl/α,β-unsaturated/α-hetero) is 1. The molecule has 0 spiro atoms. The quantitative estimate of drug-likeness (QED) is 0.470. The van der Waals surface area contributed by atoms with Crippen molar-refractivity contribution >= 4 is 11.8 Å². The number of carbonyl (C=O) groups is 2. The molecule has 2 N–H and O–H groups in total. The second-order valence-corrected chi connectivity index (χ2v) is 11.5. The molecular weight excluding hydrogens is 448 g/mol. The lowest BCUT2D eigenvalue weighted by atomic mass is 9.55. The SMILES string of the molecule is CC(C)(NC(=O)NC12CCC(C(=O)CC3c4ccccc4-c4cncn43)(CC1)CC2)c1ccccc1. The minimum Gasteiger partial charge on any atom is -0.333 e. The Kier molecular flexibility index (Phi) is 5.32. The van der Waals surface area contributed by atoms with Crippen molar-refractivity contribution in [2.45, 2.75) is 75.9 Å². The molecule has 3 fully saturated rings. The van der Waals surface area contributed by atoms with Gasteiger partial charge in [0.05, 0.1) is 29.8 Å². The van der Waals surface area contributed by atoms with Gasteiger partial charge in [-0.1, -0.05) is 54.6 Å². The normalized spacial score (nSPS) is 26.2. The summed E-state index contributed by atoms with van der Waals surface area (Å²) in [4.78, 5) is 31.2. The van der Waals surface area contributed by atoms with E-state index < -0.39 is 5.54 Å². The molecule has 36 heavy (non-hydrogen) atoms. The third-order valence-electron chi connectivity index (χ3n) is 9.11. The fraction of sp³-hybridized carbons (Fsp3) is 0.433. The van der Waals surface area contributed by atoms with Gasteiger partial charge in [-0.05, 0) is 63.5 Å². The first-order valence-electron chi connectivity index (χ1n) is 13.1. The van der Waals surface area contributed by atoms with Crippen molar-refractivity contribution in [3.8, 4) is 11.3 Å². The Morgan fingerprint density at radius 3 is 2.36 bits per heavy atom. The highest BCUT2D eigenvalue weighted by Gasteiger charge is 2.53. The number of imidazole rings is 1. The first-order valence-corrected chi connectivity index (χ1v) is 13.1. The lowest BCUT2D eigenvalue weighted by Gasteiger charge is -2.53. The van der Waals surface area contributed by atoms with Gasteiger partial charge >= 0.3 is 6.03 Å². The number of ketones is 1. The molecular formula is C30H34N4O2. The van der Waals surface area contributed by atoms with Crippen LogP contribution < -0.4 is 10.6 Å². The zero-order valence-electron chi connectivity index (χ0n) is 21.1. The van der Waals surface area contributed by atoms with Crippen molar-refractivity contribution in [3.63, 3.8) is 0 Å². The van der Waals surface area contributed by atoms with Gasteiger partial charge in [0, 0.05) is 22.9 Å². The maximum absolute atomic E-state index is 13.8. The van der Waals surface area contributed by atoms with Crippen LogP contribution in [0.5, 0.6) is 0 Å². The molecule has 6 heteroatoms. The van der Waals surface area contributed by atoms with Crippen LogP contribution in [0.1, 0.15) is 76.0 Å². The fourth-order valence-corrected chi connectivity index (χ4v) is 6.81. The highest BCUT2D eigenvalue weighted by Crippen LogP contribution is 2.54. The molecule has 3 aromatic rings. The Morgan fingerprint density at radius 2 is 1.64 bits per heavy atom. The molecule has 2 heterocycles. The van der Waals surface area contributed by atoms with Crippen molar-refractivity contribution in [3.05, 3.63) is 78.2 Å². The van der Waals surface area contributed by atoms with Gasteiger partial charge in [-0.15, -0.1) is 0 Å². The third-order valence-corrected chi connectivity index (χ3v) is 9.11. The van der Waals surface area contributed by atoms with Crippen LogP contribution in [-0.2, 0) is 10.3 Å². The first kappa shape index (κ1) is 23.0. The average Bonchev–Trinajstić information content (AvgIpc) is 3.48. The largest absolute Gasteiger partial charge is 0.333 e. The highest BCUT2D eigenvalue weighted by atomic mass is 16.2. The van der Waals surface area contributed by atoms with Crippen LogP contribution in [0.15, 0.2) is 67.1 Å². The van der Waals surface area contributed by atoms with E-state index in [0.717, 1.165) is 49.8 Å². The topological polar surface area (TPSA) is 76.0 Å². The number of carbonyl (C=O) groups excluding carboxylic acids is 2. The summed E-state index contributed by atoms with van der Waals surface area (Å²) >= 11 is 0. The molecule has 0 radical (unpaired) electrons. The summed E-state index contributed by atoms with van der Waals surface area (Å²) in [5.41, 5.74) is 3.64. The number of rotatable bonds is 6. The number of amides is 2. The maximum atomic E-state index is 13.8. The average molecular weight is 483 g/mol. The Labute approximate surface area is 212 Å². The van der Waals surface area contributed by atoms with E-state index >= 15 is 0 Å². The number of urea groups is 1. The molecule has 2 aromatic carbocycles. The van der Waals surface area contributed by atoms with E-state index in [1.54, 1.807) is 0 Å². The van der Waals surface area contributed by atoms with Gasteiger partial charge in [0.1, 0.15) is 5.78 Å². The van der Waals surface area contributed by atoms with Crippen LogP contribution in [0.3, 0.4) is 0 Å². The van der Waals surface area contributed by atoms with Crippen LogP contribution in [0, 0.1) is 5.41 Å². The van der Waals surface area contributed by atoms with Gasteiger partial charge in [-0.25, -0.2) is 9.78 Å². The van der Waals surface area contributed by atoms with Gasteiger partial charge in [0.2, 0.25) is 0 Å². The predicted octanol–water partition coefficient (Wildman–Crippen LogP) is 5.74. The molecule has 1 atom stereocenters. The zero-order chi connectivity index (χ0) is 25.0. The molecule has 1 aromatic heterocycles. The van der Waals surface area contributed by atoms with E-state index in [2.05, 4.69) is 38.4 Å². The summed E-state index contributed by atoms with van der Waals surface area (Å²) in [6, 6.07) is 18.3. The minimum absolute atomic E-state index is 0.0262. The summed E-state index contributed by atoms with van der Waals surface area (Å²) in [5.74, 6) is 0.367. The molecule has 0 saturated heterocycles. The standard InChI is InChI=1S/C30H34N4O2/c1-28(2,21-8-4-3-5-9-21)32-27(36)33-30-15-12-29(13-16-30,14-17-30)26(35)18-24-22-10-6-7-11-23(22)25-19-31-20-34(24)25/h3-11,19-20,24H,12-18H2,1-2H3,(H2,32,33,36). The smallest absolute Gasteiger partial charge is 0.315 e. The van der Waals surface area contributed by atoms with Gasteiger partial charge in [0.25, 0.3) is 0 Å². The van der Waals surface area contributed by atoms with Crippen molar-refractivity contribution in [2.24, 2.45) is 5.41 Å². The first-order chi connectivity index (χ1) is 17.3. The molecule has 3 aliphatic carbocycles. The number of aromatic nitrogens is 2. The molecule has 2 bridgehead atoms. The van der Waals surface area contributed by atoms with Crippen molar-refractivity contribution in [1.29, 1.82) is 0 Å². The maximum Gasteiger partial charge on any atom is 0.315 e. The number of hydrogen-bond acceptors (Lipinski definition) is 3. The number of hydrogen-bond donors (Lipinski definition) is 2. The minimum atomic E-state index is -0.464. The molecule has 7 rings (SSSR count). The van der Waals surface area contributed by atoms with Gasteiger partial charge in [-0.2, -0.15) is 0 Å². The van der Waals surface area contributed by atoms with E-state index in [4.69, 9.17) is 0 Å². The highest BCUT2D eigenvalue weighted by molar-refractivity contribution is 5.87. The van der Waals surface area contributed by atoms with E-state index in [9.17, 15) is 9.59 Å². The van der Waals surface area contributed by atoms with Crippen LogP contribution in [0.4, 0.5) is 4.79 Å². The van der Waals surface area contributed by atoms with Gasteiger partial charge in [0.15, 0.2) is 0 Å². The van der Waals surface area contributed by atoms with Crippen molar-refractivity contribution in [2.75, 3.05) is 0 Å².